The molecule has 28 heavy (non-hydrogen) atoms. The van der Waals surface area contributed by atoms with Crippen LogP contribution in [0.25, 0.3) is 0 Å². The van der Waals surface area contributed by atoms with Gasteiger partial charge in [-0.15, -0.1) is 0 Å². The van der Waals surface area contributed by atoms with Crippen molar-refractivity contribution in [1.29, 1.82) is 0 Å². The normalized spacial score (nSPS) is 17.4. The van der Waals surface area contributed by atoms with Gasteiger partial charge in [0.2, 0.25) is 5.91 Å². The van der Waals surface area contributed by atoms with Crippen LogP contribution in [0.5, 0.6) is 0 Å². The predicted molar refractivity (Wildman–Crippen MR) is 107 cm³/mol. The lowest BCUT2D eigenvalue weighted by Gasteiger charge is -2.21. The number of carbonyl (C=O) groups is 3. The Bertz CT molecular complexity index is 872. The van der Waals surface area contributed by atoms with E-state index in [-0.39, 0.29) is 30.7 Å². The predicted octanol–water partition coefficient (Wildman–Crippen LogP) is 3.42. The highest BCUT2D eigenvalue weighted by Crippen LogP contribution is 2.25. The quantitative estimate of drug-likeness (QED) is 0.700. The Hall–Kier alpha value is -2.86. The van der Waals surface area contributed by atoms with E-state index in [9.17, 15) is 14.4 Å². The van der Waals surface area contributed by atoms with E-state index >= 15 is 0 Å². The minimum Gasteiger partial charge on any atom is -0.352 e. The zero-order valence-electron chi connectivity index (χ0n) is 15.5. The van der Waals surface area contributed by atoms with Crippen LogP contribution >= 0.6 is 11.6 Å². The van der Waals surface area contributed by atoms with E-state index in [0.29, 0.717) is 11.6 Å². The number of urea groups is 1. The van der Waals surface area contributed by atoms with Crippen LogP contribution in [-0.2, 0) is 16.1 Å². The summed E-state index contributed by atoms with van der Waals surface area (Å²) < 4.78 is 0. The maximum Gasteiger partial charge on any atom is 0.325 e. The van der Waals surface area contributed by atoms with Crippen molar-refractivity contribution < 1.29 is 14.4 Å². The first-order chi connectivity index (χ1) is 13.5. The van der Waals surface area contributed by atoms with E-state index in [4.69, 9.17) is 11.6 Å². The Morgan fingerprint density at radius 2 is 1.93 bits per heavy atom. The molecule has 0 bridgehead atoms. The summed E-state index contributed by atoms with van der Waals surface area (Å²) >= 11 is 5.93. The molecule has 0 saturated carbocycles. The zero-order valence-corrected chi connectivity index (χ0v) is 16.3. The van der Waals surface area contributed by atoms with Crippen LogP contribution in [0.3, 0.4) is 0 Å². The first-order valence-corrected chi connectivity index (χ1v) is 9.53. The molecule has 2 aromatic carbocycles. The fraction of sp³-hybridized carbons (Fsp3) is 0.286. The molecule has 1 aliphatic rings. The standard InChI is InChI=1S/C21H22ClN3O3/c1-14(16-7-3-2-4-8-16)25-20(27)18(24-21(25)28)10-11-19(26)23-13-15-6-5-9-17(22)12-15/h2-9,12,14,18H,10-11,13H2,1H3,(H,23,26)(H,24,28)/t14-,18+/m1/s1. The topological polar surface area (TPSA) is 78.5 Å². The molecule has 0 radical (unpaired) electrons. The van der Waals surface area contributed by atoms with Gasteiger partial charge >= 0.3 is 6.03 Å². The van der Waals surface area contributed by atoms with E-state index in [0.717, 1.165) is 11.1 Å². The Balaban J connectivity index is 1.51. The number of nitrogens with one attached hydrogen (secondary N) is 2. The molecule has 146 valence electrons. The van der Waals surface area contributed by atoms with Gasteiger partial charge < -0.3 is 10.6 Å². The van der Waals surface area contributed by atoms with Gasteiger partial charge in [-0.25, -0.2) is 4.79 Å². The summed E-state index contributed by atoms with van der Waals surface area (Å²) in [5.74, 6) is -0.486. The molecular weight excluding hydrogens is 378 g/mol. The monoisotopic (exact) mass is 399 g/mol. The molecule has 0 unspecified atom stereocenters. The number of nitrogens with zero attached hydrogens (tertiary/aromatic N) is 1. The highest BCUT2D eigenvalue weighted by Gasteiger charge is 2.40. The van der Waals surface area contributed by atoms with Crippen LogP contribution in [0.1, 0.15) is 36.9 Å². The second-order valence-corrected chi connectivity index (χ2v) is 7.18. The molecule has 1 saturated heterocycles. The first kappa shape index (κ1) is 19.9. The minimum atomic E-state index is -0.685. The molecule has 1 aliphatic heterocycles. The van der Waals surface area contributed by atoms with Gasteiger partial charge in [-0.3, -0.25) is 14.5 Å². The van der Waals surface area contributed by atoms with Gasteiger partial charge in [0.05, 0.1) is 6.04 Å². The Morgan fingerprint density at radius 1 is 1.18 bits per heavy atom. The molecule has 0 aromatic heterocycles. The molecule has 2 aromatic rings. The van der Waals surface area contributed by atoms with Gasteiger partial charge in [-0.2, -0.15) is 0 Å². The molecule has 2 N–H and O–H groups in total. The van der Waals surface area contributed by atoms with Crippen molar-refractivity contribution in [2.75, 3.05) is 0 Å². The van der Waals surface area contributed by atoms with Crippen LogP contribution in [0.4, 0.5) is 4.79 Å². The van der Waals surface area contributed by atoms with Crippen LogP contribution in [0.2, 0.25) is 5.02 Å². The molecule has 7 heteroatoms. The Morgan fingerprint density at radius 3 is 2.64 bits per heavy atom. The van der Waals surface area contributed by atoms with Crippen molar-refractivity contribution in [1.82, 2.24) is 15.5 Å². The summed E-state index contributed by atoms with van der Waals surface area (Å²) in [6, 6.07) is 15.1. The summed E-state index contributed by atoms with van der Waals surface area (Å²) in [5.41, 5.74) is 1.78. The summed E-state index contributed by atoms with van der Waals surface area (Å²) in [4.78, 5) is 38.3. The smallest absolute Gasteiger partial charge is 0.325 e. The van der Waals surface area contributed by atoms with Crippen molar-refractivity contribution in [3.8, 4) is 0 Å². The number of amides is 4. The van der Waals surface area contributed by atoms with Crippen LogP contribution in [0.15, 0.2) is 54.6 Å². The summed E-state index contributed by atoms with van der Waals surface area (Å²) in [5, 5.41) is 6.09. The van der Waals surface area contributed by atoms with Crippen molar-refractivity contribution in [3.05, 3.63) is 70.7 Å². The number of halogens is 1. The summed E-state index contributed by atoms with van der Waals surface area (Å²) in [6.45, 7) is 2.18. The van der Waals surface area contributed by atoms with Gasteiger partial charge in [0, 0.05) is 18.0 Å². The fourth-order valence-electron chi connectivity index (χ4n) is 3.20. The molecule has 1 fully saturated rings. The molecule has 0 aliphatic carbocycles. The van der Waals surface area contributed by atoms with Crippen molar-refractivity contribution in [2.45, 2.75) is 38.4 Å². The van der Waals surface area contributed by atoms with Gasteiger partial charge in [0.15, 0.2) is 0 Å². The lowest BCUT2D eigenvalue weighted by atomic mass is 10.1. The van der Waals surface area contributed by atoms with Gasteiger partial charge in [-0.05, 0) is 36.6 Å². The lowest BCUT2D eigenvalue weighted by Crippen LogP contribution is -2.34. The van der Waals surface area contributed by atoms with E-state index < -0.39 is 12.1 Å². The third-order valence-electron chi connectivity index (χ3n) is 4.76. The largest absolute Gasteiger partial charge is 0.352 e. The van der Waals surface area contributed by atoms with E-state index in [1.54, 1.807) is 12.1 Å². The average molecular weight is 400 g/mol. The van der Waals surface area contributed by atoms with E-state index in [1.165, 1.54) is 4.90 Å². The van der Waals surface area contributed by atoms with Gasteiger partial charge in [0.1, 0.15) is 6.04 Å². The third-order valence-corrected chi connectivity index (χ3v) is 5.00. The molecule has 3 rings (SSSR count). The highest BCUT2D eigenvalue weighted by atomic mass is 35.5. The SMILES string of the molecule is C[C@H](c1ccccc1)N1C(=O)N[C@@H](CCC(=O)NCc2cccc(Cl)c2)C1=O. The summed E-state index contributed by atoms with van der Waals surface area (Å²) in [7, 11) is 0. The molecule has 0 spiro atoms. The number of rotatable bonds is 7. The maximum atomic E-state index is 12.7. The Kier molecular flexibility index (Phi) is 6.31. The highest BCUT2D eigenvalue weighted by molar-refractivity contribution is 6.30. The fourth-order valence-corrected chi connectivity index (χ4v) is 3.42. The molecular formula is C21H22ClN3O3. The van der Waals surface area contributed by atoms with E-state index in [1.807, 2.05) is 49.4 Å². The molecule has 2 atom stereocenters. The third kappa shape index (κ3) is 4.70. The number of hydrogen-bond donors (Lipinski definition) is 2. The van der Waals surface area contributed by atoms with Gasteiger partial charge in [-0.1, -0.05) is 54.1 Å². The zero-order chi connectivity index (χ0) is 20.1. The molecule has 1 heterocycles. The number of carbonyl (C=O) groups excluding carboxylic acids is 3. The van der Waals surface area contributed by atoms with E-state index in [2.05, 4.69) is 10.6 Å². The van der Waals surface area contributed by atoms with Crippen molar-refractivity contribution >= 4 is 29.4 Å². The van der Waals surface area contributed by atoms with Gasteiger partial charge in [0.25, 0.3) is 5.91 Å². The number of imide groups is 1. The second kappa shape index (κ2) is 8.89. The minimum absolute atomic E-state index is 0.144. The maximum absolute atomic E-state index is 12.7. The Labute approximate surface area is 168 Å². The number of benzene rings is 2. The van der Waals surface area contributed by atoms with Crippen molar-refractivity contribution in [2.24, 2.45) is 0 Å². The lowest BCUT2D eigenvalue weighted by molar-refractivity contribution is -0.129. The summed E-state index contributed by atoms with van der Waals surface area (Å²) in [6.07, 6.45) is 0.398. The average Bonchev–Trinajstić information content (AvgIpc) is 2.98. The van der Waals surface area contributed by atoms with Crippen LogP contribution in [-0.4, -0.2) is 28.8 Å². The molecule has 4 amide bonds. The van der Waals surface area contributed by atoms with Crippen molar-refractivity contribution in [3.63, 3.8) is 0 Å². The second-order valence-electron chi connectivity index (χ2n) is 6.74. The number of hydrogen-bond acceptors (Lipinski definition) is 3. The first-order valence-electron chi connectivity index (χ1n) is 9.15. The van der Waals surface area contributed by atoms with Crippen LogP contribution < -0.4 is 10.6 Å². The van der Waals surface area contributed by atoms with Crippen LogP contribution in [0, 0.1) is 0 Å². The molecule has 6 nitrogen and oxygen atoms in total.